The van der Waals surface area contributed by atoms with E-state index in [-0.39, 0.29) is 27.1 Å². The van der Waals surface area contributed by atoms with Crippen LogP contribution >= 0.6 is 0 Å². The highest BCUT2D eigenvalue weighted by molar-refractivity contribution is 6.25. The van der Waals surface area contributed by atoms with Crippen LogP contribution in [0.25, 0.3) is 49.5 Å². The SMILES string of the molecule is CC(C)(C)c1ccccc1N(c1ccc2c(c1)C(C)(C)c1c-2c2cccc3c4c5ccc(N(c6ccccc6C(C)(C)C)c6ccccc6C(C)(C)C)cc5oc4n1c23)c1ccccc1C(C)(C)C. The van der Waals surface area contributed by atoms with Crippen molar-refractivity contribution < 1.29 is 4.42 Å². The van der Waals surface area contributed by atoms with Crippen LogP contribution in [0, 0.1) is 0 Å². The van der Waals surface area contributed by atoms with E-state index in [4.69, 9.17) is 4.42 Å². The minimum Gasteiger partial charge on any atom is -0.439 e. The molecule has 0 bridgehead atoms. The molecule has 348 valence electrons. The molecule has 1 aliphatic carbocycles. The Labute approximate surface area is 409 Å². The predicted molar refractivity (Wildman–Crippen MR) is 295 cm³/mol. The number of hydrogen-bond donors (Lipinski definition) is 0. The molecule has 4 nitrogen and oxygen atoms in total. The number of anilines is 6. The van der Waals surface area contributed by atoms with Gasteiger partial charge in [0.1, 0.15) is 5.58 Å². The van der Waals surface area contributed by atoms with Crippen molar-refractivity contribution >= 4 is 72.5 Å². The second-order valence-corrected chi connectivity index (χ2v) is 24.3. The van der Waals surface area contributed by atoms with Crippen molar-refractivity contribution in [2.45, 2.75) is 124 Å². The van der Waals surface area contributed by atoms with E-state index in [2.05, 4.69) is 263 Å². The summed E-state index contributed by atoms with van der Waals surface area (Å²) in [5.41, 5.74) is 19.8. The van der Waals surface area contributed by atoms with Gasteiger partial charge in [0.05, 0.1) is 10.9 Å². The molecule has 0 atom stereocenters. The molecule has 11 rings (SSSR count). The minimum absolute atomic E-state index is 0.0708. The van der Waals surface area contributed by atoms with E-state index in [9.17, 15) is 0 Å². The molecule has 3 heterocycles. The lowest BCUT2D eigenvalue weighted by Crippen LogP contribution is -2.23. The summed E-state index contributed by atoms with van der Waals surface area (Å²) in [6.45, 7) is 32.6. The highest BCUT2D eigenvalue weighted by Gasteiger charge is 2.43. The van der Waals surface area contributed by atoms with Crippen LogP contribution in [0.15, 0.2) is 156 Å². The van der Waals surface area contributed by atoms with Crippen molar-refractivity contribution in [2.24, 2.45) is 0 Å². The predicted octanol–water partition coefficient (Wildman–Crippen LogP) is 18.9. The average molecular weight is 906 g/mol. The molecule has 0 unspecified atom stereocenters. The van der Waals surface area contributed by atoms with Gasteiger partial charge in [-0.15, -0.1) is 0 Å². The summed E-state index contributed by atoms with van der Waals surface area (Å²) in [4.78, 5) is 5.00. The summed E-state index contributed by atoms with van der Waals surface area (Å²) in [5, 5.41) is 4.81. The zero-order valence-corrected chi connectivity index (χ0v) is 43.2. The third kappa shape index (κ3) is 6.84. The average Bonchev–Trinajstić information content (AvgIpc) is 4.00. The Morgan fingerprint density at radius 2 is 0.855 bits per heavy atom. The van der Waals surface area contributed by atoms with Gasteiger partial charge in [0.25, 0.3) is 0 Å². The highest BCUT2D eigenvalue weighted by Crippen LogP contribution is 2.58. The van der Waals surface area contributed by atoms with Gasteiger partial charge in [-0.1, -0.05) is 194 Å². The Hall–Kier alpha value is -6.78. The van der Waals surface area contributed by atoms with Crippen LogP contribution in [0.3, 0.4) is 0 Å². The molecule has 0 amide bonds. The number of rotatable bonds is 6. The number of hydrogen-bond acceptors (Lipinski definition) is 3. The molecule has 10 aromatic rings. The van der Waals surface area contributed by atoms with Crippen molar-refractivity contribution in [3.05, 3.63) is 185 Å². The fourth-order valence-corrected chi connectivity index (χ4v) is 11.8. The maximum Gasteiger partial charge on any atom is 0.213 e. The Bertz CT molecular complexity index is 3530. The van der Waals surface area contributed by atoms with Gasteiger partial charge in [0, 0.05) is 73.0 Å². The Balaban J connectivity index is 1.12. The molecule has 0 N–H and O–H groups in total. The van der Waals surface area contributed by atoms with Gasteiger partial charge in [-0.2, -0.15) is 0 Å². The van der Waals surface area contributed by atoms with E-state index < -0.39 is 0 Å². The molecule has 4 heteroatoms. The van der Waals surface area contributed by atoms with Crippen LogP contribution in [-0.2, 0) is 27.1 Å². The van der Waals surface area contributed by atoms with Crippen molar-refractivity contribution in [1.82, 2.24) is 4.40 Å². The Morgan fingerprint density at radius 3 is 1.32 bits per heavy atom. The lowest BCUT2D eigenvalue weighted by molar-refractivity contribution is 0.586. The molecule has 0 aliphatic heterocycles. The Kier molecular flexibility index (Phi) is 9.79. The van der Waals surface area contributed by atoms with Crippen molar-refractivity contribution in [3.8, 4) is 11.1 Å². The van der Waals surface area contributed by atoms with Crippen LogP contribution in [-0.4, -0.2) is 4.40 Å². The van der Waals surface area contributed by atoms with E-state index in [1.54, 1.807) is 0 Å². The fraction of sp³-hybridized carbons (Fsp3) is 0.292. The van der Waals surface area contributed by atoms with Crippen LogP contribution in [0.5, 0.6) is 0 Å². The summed E-state index contributed by atoms with van der Waals surface area (Å²) < 4.78 is 9.80. The minimum atomic E-state index is -0.356. The molecular weight excluding hydrogens is 839 g/mol. The van der Waals surface area contributed by atoms with Gasteiger partial charge in [-0.05, 0) is 104 Å². The second kappa shape index (κ2) is 15.1. The van der Waals surface area contributed by atoms with Crippen molar-refractivity contribution in [2.75, 3.05) is 9.80 Å². The van der Waals surface area contributed by atoms with Gasteiger partial charge >= 0.3 is 0 Å². The number of nitrogens with zero attached hydrogens (tertiary/aromatic N) is 3. The highest BCUT2D eigenvalue weighted by atomic mass is 16.3. The Morgan fingerprint density at radius 1 is 0.435 bits per heavy atom. The van der Waals surface area contributed by atoms with E-state index in [1.165, 1.54) is 89.1 Å². The number of para-hydroxylation sites is 5. The molecule has 0 saturated heterocycles. The first-order valence-electron chi connectivity index (χ1n) is 25.0. The normalized spacial score (nSPS) is 14.1. The first-order chi connectivity index (χ1) is 32.6. The summed E-state index contributed by atoms with van der Waals surface area (Å²) in [6, 6.07) is 56.7. The number of fused-ring (bicyclic) bond motifs is 10. The van der Waals surface area contributed by atoms with Gasteiger partial charge in [-0.25, -0.2) is 0 Å². The standard InChI is InChI=1S/C65H67N3O/c1-61(2,3)46-26-15-19-30-51(46)66(52-31-20-16-27-47(52)62(4,5)6)40-34-36-42-50(38-40)65(13,14)59-56(42)44-24-23-25-45-57-43-37-35-41(39-55(43)69-60(57)68(59)58(44)45)67(53-32-21-17-28-48(53)63(7,8)9)54-33-22-18-29-49(54)64(10,11)12/h15-39H,1-14H3. The lowest BCUT2D eigenvalue weighted by Gasteiger charge is -2.36. The molecule has 0 fully saturated rings. The number of furan rings is 1. The molecule has 1 aliphatic rings. The van der Waals surface area contributed by atoms with Gasteiger partial charge in [0.2, 0.25) is 5.71 Å². The van der Waals surface area contributed by atoms with Crippen molar-refractivity contribution in [3.63, 3.8) is 0 Å². The van der Waals surface area contributed by atoms with Crippen LogP contribution in [0.2, 0.25) is 0 Å². The smallest absolute Gasteiger partial charge is 0.213 e. The first kappa shape index (κ1) is 44.7. The van der Waals surface area contributed by atoms with Crippen molar-refractivity contribution in [1.29, 1.82) is 0 Å². The third-order valence-corrected chi connectivity index (χ3v) is 15.0. The zero-order valence-electron chi connectivity index (χ0n) is 43.2. The molecule has 0 spiro atoms. The largest absolute Gasteiger partial charge is 0.439 e. The maximum absolute atomic E-state index is 7.31. The second-order valence-electron chi connectivity index (χ2n) is 24.3. The van der Waals surface area contributed by atoms with E-state index in [0.717, 1.165) is 28.1 Å². The first-order valence-corrected chi connectivity index (χ1v) is 25.0. The molecule has 69 heavy (non-hydrogen) atoms. The maximum atomic E-state index is 7.31. The van der Waals surface area contributed by atoms with Gasteiger partial charge < -0.3 is 14.2 Å². The molecule has 0 saturated carbocycles. The summed E-state index contributed by atoms with van der Waals surface area (Å²) in [6.07, 6.45) is 0. The van der Waals surface area contributed by atoms with E-state index in [1.807, 2.05) is 0 Å². The molecule has 3 aromatic heterocycles. The molecular formula is C65H67N3O. The van der Waals surface area contributed by atoms with Gasteiger partial charge in [-0.3, -0.25) is 4.40 Å². The third-order valence-electron chi connectivity index (χ3n) is 15.0. The summed E-state index contributed by atoms with van der Waals surface area (Å²) >= 11 is 0. The number of aromatic nitrogens is 1. The lowest BCUT2D eigenvalue weighted by atomic mass is 9.82. The summed E-state index contributed by atoms with van der Waals surface area (Å²) in [5.74, 6) is 0. The quantitative estimate of drug-likeness (QED) is 0.166. The zero-order chi connectivity index (χ0) is 48.7. The van der Waals surface area contributed by atoms with Gasteiger partial charge in [0.15, 0.2) is 0 Å². The van der Waals surface area contributed by atoms with Crippen LogP contribution < -0.4 is 9.80 Å². The van der Waals surface area contributed by atoms with E-state index >= 15 is 0 Å². The number of benzene rings is 7. The monoisotopic (exact) mass is 906 g/mol. The topological polar surface area (TPSA) is 24.0 Å². The fourth-order valence-electron chi connectivity index (χ4n) is 11.8. The van der Waals surface area contributed by atoms with Crippen LogP contribution in [0.1, 0.15) is 130 Å². The summed E-state index contributed by atoms with van der Waals surface area (Å²) in [7, 11) is 0. The van der Waals surface area contributed by atoms with Crippen LogP contribution in [0.4, 0.5) is 34.1 Å². The van der Waals surface area contributed by atoms with E-state index in [0.29, 0.717) is 0 Å². The molecule has 0 radical (unpaired) electrons. The molecule has 7 aromatic carbocycles.